The van der Waals surface area contributed by atoms with Crippen molar-refractivity contribution >= 4 is 28.4 Å². The van der Waals surface area contributed by atoms with Gasteiger partial charge in [-0.25, -0.2) is 0 Å². The Morgan fingerprint density at radius 3 is 2.83 bits per heavy atom. The van der Waals surface area contributed by atoms with Crippen molar-refractivity contribution < 1.29 is 14.3 Å². The lowest BCUT2D eigenvalue weighted by molar-refractivity contribution is -0.117. The number of nitrogens with one attached hydrogen (secondary N) is 2. The molecular formula is C23H24N4O3. The fourth-order valence-corrected chi connectivity index (χ4v) is 4.13. The van der Waals surface area contributed by atoms with Crippen molar-refractivity contribution in [2.75, 3.05) is 18.1 Å². The molecule has 1 amide bonds. The standard InChI is InChI=1S/C23H24N4O3/c24-21-4-1-2-11-29-17-7-8-19-18(13-17)23(26-25-19)15-6-9-20(16(12-15)14-30-21)27-10-3-5-22(27)28/h6-9,12-13,24H,1-5,10-11,14H2,(H,25,26). The van der Waals surface area contributed by atoms with Crippen LogP contribution in [0.3, 0.4) is 0 Å². The van der Waals surface area contributed by atoms with Crippen LogP contribution in [0.2, 0.25) is 0 Å². The molecule has 7 nitrogen and oxygen atoms in total. The van der Waals surface area contributed by atoms with Crippen molar-refractivity contribution in [3.63, 3.8) is 0 Å². The first-order valence-corrected chi connectivity index (χ1v) is 10.4. The zero-order chi connectivity index (χ0) is 20.5. The second kappa shape index (κ2) is 7.82. The molecule has 3 heterocycles. The van der Waals surface area contributed by atoms with E-state index in [1.54, 1.807) is 0 Å². The average Bonchev–Trinajstić information content (AvgIpc) is 3.37. The minimum Gasteiger partial charge on any atom is -0.494 e. The molecule has 0 aliphatic carbocycles. The lowest BCUT2D eigenvalue weighted by Gasteiger charge is -2.21. The molecule has 3 aromatic rings. The number of hydrogen-bond donors (Lipinski definition) is 2. The molecule has 1 fully saturated rings. The third-order valence-corrected chi connectivity index (χ3v) is 5.72. The number of carbonyl (C=O) groups is 1. The molecule has 30 heavy (non-hydrogen) atoms. The molecule has 2 N–H and O–H groups in total. The molecule has 2 aliphatic rings. The zero-order valence-electron chi connectivity index (χ0n) is 16.7. The minimum atomic E-state index is 0.136. The normalized spacial score (nSPS) is 17.5. The van der Waals surface area contributed by atoms with Crippen molar-refractivity contribution in [2.24, 2.45) is 0 Å². The van der Waals surface area contributed by atoms with Gasteiger partial charge in [0, 0.05) is 35.9 Å². The maximum absolute atomic E-state index is 12.4. The maximum Gasteiger partial charge on any atom is 0.227 e. The van der Waals surface area contributed by atoms with Crippen molar-refractivity contribution in [3.8, 4) is 17.0 Å². The van der Waals surface area contributed by atoms with Gasteiger partial charge in [-0.3, -0.25) is 15.3 Å². The van der Waals surface area contributed by atoms with E-state index in [2.05, 4.69) is 10.2 Å². The fraction of sp³-hybridized carbons (Fsp3) is 0.348. The van der Waals surface area contributed by atoms with E-state index in [0.29, 0.717) is 26.0 Å². The van der Waals surface area contributed by atoms with Crippen LogP contribution in [0.5, 0.6) is 5.75 Å². The number of aromatic nitrogens is 2. The second-order valence-electron chi connectivity index (χ2n) is 7.79. The number of fused-ring (bicyclic) bond motifs is 4. The van der Waals surface area contributed by atoms with Gasteiger partial charge in [0.1, 0.15) is 18.1 Å². The molecule has 0 atom stereocenters. The zero-order valence-corrected chi connectivity index (χ0v) is 16.7. The third kappa shape index (κ3) is 3.51. The Labute approximate surface area is 174 Å². The summed E-state index contributed by atoms with van der Waals surface area (Å²) in [5.41, 5.74) is 4.47. The first-order chi connectivity index (χ1) is 14.7. The van der Waals surface area contributed by atoms with Gasteiger partial charge in [0.25, 0.3) is 0 Å². The fourth-order valence-electron chi connectivity index (χ4n) is 4.13. The van der Waals surface area contributed by atoms with Crippen LogP contribution in [0, 0.1) is 5.41 Å². The van der Waals surface area contributed by atoms with E-state index in [1.165, 1.54) is 0 Å². The molecule has 0 spiro atoms. The molecule has 7 heteroatoms. The lowest BCUT2D eigenvalue weighted by Crippen LogP contribution is -2.25. The molecule has 4 bridgehead atoms. The van der Waals surface area contributed by atoms with Gasteiger partial charge in [0.15, 0.2) is 5.90 Å². The first kappa shape index (κ1) is 18.7. The van der Waals surface area contributed by atoms with Crippen LogP contribution in [0.15, 0.2) is 36.4 Å². The van der Waals surface area contributed by atoms with E-state index in [1.807, 2.05) is 41.3 Å². The van der Waals surface area contributed by atoms with E-state index < -0.39 is 0 Å². The largest absolute Gasteiger partial charge is 0.494 e. The van der Waals surface area contributed by atoms with Crippen LogP contribution in [-0.4, -0.2) is 35.2 Å². The van der Waals surface area contributed by atoms with E-state index in [-0.39, 0.29) is 18.4 Å². The highest BCUT2D eigenvalue weighted by Gasteiger charge is 2.25. The Morgan fingerprint density at radius 2 is 1.97 bits per heavy atom. The van der Waals surface area contributed by atoms with Gasteiger partial charge in [0.05, 0.1) is 17.8 Å². The van der Waals surface area contributed by atoms with Crippen LogP contribution in [0.1, 0.15) is 37.7 Å². The SMILES string of the molecule is N=C1CCCCOc2ccc3[nH]nc(c3c2)-c2ccc(N3CCCC3=O)c(c2)CO1. The van der Waals surface area contributed by atoms with E-state index in [9.17, 15) is 4.79 Å². The van der Waals surface area contributed by atoms with Gasteiger partial charge in [0.2, 0.25) is 5.91 Å². The lowest BCUT2D eigenvalue weighted by atomic mass is 10.0. The molecule has 0 unspecified atom stereocenters. The summed E-state index contributed by atoms with van der Waals surface area (Å²) < 4.78 is 11.7. The summed E-state index contributed by atoms with van der Waals surface area (Å²) in [6.07, 6.45) is 3.69. The molecule has 2 aliphatic heterocycles. The summed E-state index contributed by atoms with van der Waals surface area (Å²) in [4.78, 5) is 14.2. The Morgan fingerprint density at radius 1 is 1.03 bits per heavy atom. The van der Waals surface area contributed by atoms with Crippen molar-refractivity contribution in [1.29, 1.82) is 5.41 Å². The summed E-state index contributed by atoms with van der Waals surface area (Å²) in [6.45, 7) is 1.57. The molecule has 1 saturated heterocycles. The van der Waals surface area contributed by atoms with Crippen LogP contribution in [0.4, 0.5) is 5.69 Å². The van der Waals surface area contributed by atoms with Crippen LogP contribution >= 0.6 is 0 Å². The monoisotopic (exact) mass is 404 g/mol. The number of benzene rings is 2. The Balaban J connectivity index is 1.61. The number of hydrogen-bond acceptors (Lipinski definition) is 5. The molecular weight excluding hydrogens is 380 g/mol. The minimum absolute atomic E-state index is 0.136. The number of anilines is 1. The highest BCUT2D eigenvalue weighted by atomic mass is 16.5. The quantitative estimate of drug-likeness (QED) is 0.628. The number of aromatic amines is 1. The number of carbonyl (C=O) groups excluding carboxylic acids is 1. The molecule has 1 aromatic heterocycles. The van der Waals surface area contributed by atoms with Gasteiger partial charge < -0.3 is 14.4 Å². The summed E-state index contributed by atoms with van der Waals surface area (Å²) in [5.74, 6) is 1.21. The van der Waals surface area contributed by atoms with Gasteiger partial charge >= 0.3 is 0 Å². The number of ether oxygens (including phenoxy) is 2. The van der Waals surface area contributed by atoms with Crippen molar-refractivity contribution in [3.05, 3.63) is 42.0 Å². The van der Waals surface area contributed by atoms with Crippen LogP contribution < -0.4 is 9.64 Å². The molecule has 0 saturated carbocycles. The summed E-state index contributed by atoms with van der Waals surface area (Å²) in [5, 5.41) is 16.8. The van der Waals surface area contributed by atoms with Gasteiger partial charge in [-0.2, -0.15) is 5.10 Å². The van der Waals surface area contributed by atoms with Crippen molar-refractivity contribution in [1.82, 2.24) is 10.2 Å². The second-order valence-corrected chi connectivity index (χ2v) is 7.79. The first-order valence-electron chi connectivity index (χ1n) is 10.4. The third-order valence-electron chi connectivity index (χ3n) is 5.72. The topological polar surface area (TPSA) is 91.3 Å². The average molecular weight is 404 g/mol. The Kier molecular flexibility index (Phi) is 4.86. The summed E-state index contributed by atoms with van der Waals surface area (Å²) in [7, 11) is 0. The van der Waals surface area contributed by atoms with Gasteiger partial charge in [-0.1, -0.05) is 6.07 Å². The number of H-pyrrole nitrogens is 1. The van der Waals surface area contributed by atoms with E-state index in [0.717, 1.165) is 58.4 Å². The summed E-state index contributed by atoms with van der Waals surface area (Å²) >= 11 is 0. The number of amides is 1. The van der Waals surface area contributed by atoms with E-state index >= 15 is 0 Å². The number of rotatable bonds is 1. The van der Waals surface area contributed by atoms with Crippen LogP contribution in [0.25, 0.3) is 22.2 Å². The Bertz CT molecular complexity index is 1120. The number of nitrogens with zero attached hydrogens (tertiary/aromatic N) is 2. The smallest absolute Gasteiger partial charge is 0.227 e. The predicted molar refractivity (Wildman–Crippen MR) is 115 cm³/mol. The van der Waals surface area contributed by atoms with E-state index in [4.69, 9.17) is 14.9 Å². The highest BCUT2D eigenvalue weighted by Crippen LogP contribution is 2.34. The molecule has 154 valence electrons. The van der Waals surface area contributed by atoms with Crippen LogP contribution in [-0.2, 0) is 16.1 Å². The predicted octanol–water partition coefficient (Wildman–Crippen LogP) is 4.41. The Hall–Kier alpha value is -3.35. The van der Waals surface area contributed by atoms with Gasteiger partial charge in [-0.05, 0) is 49.6 Å². The highest BCUT2D eigenvalue weighted by molar-refractivity contribution is 5.98. The van der Waals surface area contributed by atoms with Crippen molar-refractivity contribution in [2.45, 2.75) is 38.7 Å². The van der Waals surface area contributed by atoms with Gasteiger partial charge in [-0.15, -0.1) is 0 Å². The molecule has 2 aromatic carbocycles. The molecule has 5 rings (SSSR count). The molecule has 0 radical (unpaired) electrons. The summed E-state index contributed by atoms with van der Waals surface area (Å²) in [6, 6.07) is 11.9. The maximum atomic E-state index is 12.4.